The first-order chi connectivity index (χ1) is 17.9. The van der Waals surface area contributed by atoms with E-state index in [1.165, 1.54) is 18.2 Å². The molecule has 1 amide bonds. The van der Waals surface area contributed by atoms with Crippen LogP contribution in [0.3, 0.4) is 0 Å². The minimum Gasteiger partial charge on any atom is -0.380 e. The molecule has 0 atom stereocenters. The number of halogens is 3. The largest absolute Gasteiger partial charge is 0.435 e. The van der Waals surface area contributed by atoms with Gasteiger partial charge in [-0.15, -0.1) is 0 Å². The highest BCUT2D eigenvalue weighted by Gasteiger charge is 2.36. The molecule has 1 fully saturated rings. The highest BCUT2D eigenvalue weighted by Crippen LogP contribution is 2.31. The van der Waals surface area contributed by atoms with Crippen LogP contribution in [0, 0.1) is 0 Å². The molecular weight excluding hydrogens is 525 g/mol. The molecule has 5 rings (SSSR count). The van der Waals surface area contributed by atoms with E-state index in [2.05, 4.69) is 15.6 Å². The van der Waals surface area contributed by atoms with Gasteiger partial charge in [-0.1, -0.05) is 17.3 Å². The summed E-state index contributed by atoms with van der Waals surface area (Å²) in [5.74, 6) is -0.665. The molecule has 200 valence electrons. The standard InChI is InChI=1S/C24H23F3N6O4S/c1-38(35,36)20-5-3-2-4-17(20)32-10-8-14(9-11-32)29-23(34)18-13-21(24(25,26)27)30-33(18)15-6-7-19-16(12-15)22(28)31-37-19/h2-7,12-14H,8-11H2,1H3,(H2,28,31)(H,29,34). The number of fused-ring (bicyclic) bond motifs is 1. The molecule has 1 saturated heterocycles. The predicted molar refractivity (Wildman–Crippen MR) is 133 cm³/mol. The van der Waals surface area contributed by atoms with Gasteiger partial charge in [0.2, 0.25) is 0 Å². The Kier molecular flexibility index (Phi) is 6.29. The lowest BCUT2D eigenvalue weighted by atomic mass is 10.0. The van der Waals surface area contributed by atoms with Gasteiger partial charge in [-0.05, 0) is 43.2 Å². The van der Waals surface area contributed by atoms with Crippen LogP contribution in [-0.2, 0) is 16.0 Å². The molecular formula is C24H23F3N6O4S. The summed E-state index contributed by atoms with van der Waals surface area (Å²) in [6, 6.07) is 11.4. The SMILES string of the molecule is CS(=O)(=O)c1ccccc1N1CCC(NC(=O)c2cc(C(F)(F)F)nn2-c2ccc3onc(N)c3c2)CC1. The number of carbonyl (C=O) groups excluding carboxylic acids is 1. The molecule has 1 aliphatic rings. The summed E-state index contributed by atoms with van der Waals surface area (Å²) in [7, 11) is -3.44. The van der Waals surface area contributed by atoms with Gasteiger partial charge in [0.15, 0.2) is 26.9 Å². The molecule has 4 aromatic rings. The van der Waals surface area contributed by atoms with Gasteiger partial charge < -0.3 is 20.5 Å². The van der Waals surface area contributed by atoms with E-state index in [-0.39, 0.29) is 28.1 Å². The van der Waals surface area contributed by atoms with Crippen molar-refractivity contribution in [2.75, 3.05) is 30.0 Å². The van der Waals surface area contributed by atoms with Crippen LogP contribution in [0.25, 0.3) is 16.7 Å². The number of amides is 1. The smallest absolute Gasteiger partial charge is 0.380 e. The summed E-state index contributed by atoms with van der Waals surface area (Å²) >= 11 is 0. The number of para-hydroxylation sites is 1. The fraction of sp³-hybridized carbons (Fsp3) is 0.292. The van der Waals surface area contributed by atoms with Gasteiger partial charge in [-0.2, -0.15) is 18.3 Å². The number of rotatable bonds is 5. The van der Waals surface area contributed by atoms with Crippen LogP contribution in [0.2, 0.25) is 0 Å². The molecule has 0 saturated carbocycles. The number of aromatic nitrogens is 3. The Labute approximate surface area is 215 Å². The van der Waals surface area contributed by atoms with Crippen LogP contribution >= 0.6 is 0 Å². The number of benzene rings is 2. The molecule has 0 aliphatic carbocycles. The molecule has 0 unspecified atom stereocenters. The van der Waals surface area contributed by atoms with Crippen LogP contribution in [0.15, 0.2) is 57.9 Å². The number of sulfone groups is 1. The molecule has 2 aromatic carbocycles. The molecule has 10 nitrogen and oxygen atoms in total. The molecule has 1 aliphatic heterocycles. The van der Waals surface area contributed by atoms with Crippen molar-refractivity contribution in [1.29, 1.82) is 0 Å². The van der Waals surface area contributed by atoms with Crippen molar-refractivity contribution in [3.8, 4) is 5.69 Å². The first-order valence-electron chi connectivity index (χ1n) is 11.6. The van der Waals surface area contributed by atoms with Crippen molar-refractivity contribution in [1.82, 2.24) is 20.3 Å². The van der Waals surface area contributed by atoms with Crippen molar-refractivity contribution in [3.05, 3.63) is 59.9 Å². The summed E-state index contributed by atoms with van der Waals surface area (Å²) in [5.41, 5.74) is 5.36. The normalized spacial score (nSPS) is 15.2. The van der Waals surface area contributed by atoms with Crippen molar-refractivity contribution in [2.24, 2.45) is 0 Å². The Hall–Kier alpha value is -4.07. The topological polar surface area (TPSA) is 136 Å². The van der Waals surface area contributed by atoms with E-state index < -0.39 is 27.6 Å². The Morgan fingerprint density at radius 3 is 2.53 bits per heavy atom. The average Bonchev–Trinajstić information content (AvgIpc) is 3.48. The summed E-state index contributed by atoms with van der Waals surface area (Å²) < 4.78 is 70.8. The van der Waals surface area contributed by atoms with E-state index in [0.717, 1.165) is 10.9 Å². The summed E-state index contributed by atoms with van der Waals surface area (Å²) in [6.07, 6.45) is -2.69. The zero-order valence-corrected chi connectivity index (χ0v) is 20.9. The number of nitrogens with one attached hydrogen (secondary N) is 1. The second kappa shape index (κ2) is 9.35. The molecule has 0 radical (unpaired) electrons. The van der Waals surface area contributed by atoms with Crippen molar-refractivity contribution < 1.29 is 30.9 Å². The molecule has 2 aromatic heterocycles. The van der Waals surface area contributed by atoms with Gasteiger partial charge in [-0.25, -0.2) is 13.1 Å². The van der Waals surface area contributed by atoms with Gasteiger partial charge >= 0.3 is 6.18 Å². The number of anilines is 2. The number of hydrogen-bond donors (Lipinski definition) is 2. The van der Waals surface area contributed by atoms with Crippen LogP contribution in [-0.4, -0.2) is 54.6 Å². The molecule has 0 spiro atoms. The summed E-state index contributed by atoms with van der Waals surface area (Å²) in [4.78, 5) is 15.3. The van der Waals surface area contributed by atoms with E-state index >= 15 is 0 Å². The van der Waals surface area contributed by atoms with Gasteiger partial charge in [-0.3, -0.25) is 4.79 Å². The number of hydrogen-bond acceptors (Lipinski definition) is 8. The Bertz CT molecular complexity index is 1620. The van der Waals surface area contributed by atoms with E-state index in [9.17, 15) is 26.4 Å². The maximum atomic E-state index is 13.5. The highest BCUT2D eigenvalue weighted by molar-refractivity contribution is 7.90. The lowest BCUT2D eigenvalue weighted by molar-refractivity contribution is -0.141. The fourth-order valence-corrected chi connectivity index (χ4v) is 5.41. The fourth-order valence-electron chi connectivity index (χ4n) is 4.51. The molecule has 3 N–H and O–H groups in total. The van der Waals surface area contributed by atoms with E-state index in [1.54, 1.807) is 24.3 Å². The second-order valence-electron chi connectivity index (χ2n) is 9.05. The van der Waals surface area contributed by atoms with E-state index in [4.69, 9.17) is 10.3 Å². The number of carbonyl (C=O) groups is 1. The molecule has 38 heavy (non-hydrogen) atoms. The van der Waals surface area contributed by atoms with Crippen LogP contribution < -0.4 is 16.0 Å². The first kappa shape index (κ1) is 25.6. The van der Waals surface area contributed by atoms with Crippen LogP contribution in [0.1, 0.15) is 29.0 Å². The maximum Gasteiger partial charge on any atom is 0.435 e. The quantitative estimate of drug-likeness (QED) is 0.387. The number of piperidine rings is 1. The van der Waals surface area contributed by atoms with Crippen LogP contribution in [0.4, 0.5) is 24.7 Å². The number of alkyl halides is 3. The molecule has 3 heterocycles. The zero-order valence-electron chi connectivity index (χ0n) is 20.1. The van der Waals surface area contributed by atoms with Gasteiger partial charge in [0.05, 0.1) is 21.7 Å². The highest BCUT2D eigenvalue weighted by atomic mass is 32.2. The second-order valence-corrected chi connectivity index (χ2v) is 11.0. The van der Waals surface area contributed by atoms with Gasteiger partial charge in [0.1, 0.15) is 5.69 Å². The third kappa shape index (κ3) is 4.90. The first-order valence-corrected chi connectivity index (χ1v) is 13.5. The van der Waals surface area contributed by atoms with E-state index in [0.29, 0.717) is 48.7 Å². The van der Waals surface area contributed by atoms with Gasteiger partial charge in [0, 0.05) is 31.5 Å². The minimum absolute atomic E-state index is 0.0558. The Morgan fingerprint density at radius 1 is 1.13 bits per heavy atom. The summed E-state index contributed by atoms with van der Waals surface area (Å²) in [6.45, 7) is 0.905. The van der Waals surface area contributed by atoms with E-state index in [1.807, 2.05) is 4.90 Å². The Morgan fingerprint density at radius 2 is 1.84 bits per heavy atom. The zero-order chi connectivity index (χ0) is 27.2. The predicted octanol–water partition coefficient (Wildman–Crippen LogP) is 3.42. The lowest BCUT2D eigenvalue weighted by Crippen LogP contribution is -2.45. The minimum atomic E-state index is -4.76. The average molecular weight is 549 g/mol. The monoisotopic (exact) mass is 548 g/mol. The summed E-state index contributed by atoms with van der Waals surface area (Å²) in [5, 5.41) is 10.5. The Balaban J connectivity index is 1.37. The third-order valence-corrected chi connectivity index (χ3v) is 7.54. The van der Waals surface area contributed by atoms with Crippen molar-refractivity contribution >= 4 is 38.2 Å². The maximum absolute atomic E-state index is 13.5. The number of nitrogen functional groups attached to an aromatic ring is 1. The molecule has 0 bridgehead atoms. The lowest BCUT2D eigenvalue weighted by Gasteiger charge is -2.34. The number of nitrogens with two attached hydrogens (primary N) is 1. The third-order valence-electron chi connectivity index (χ3n) is 6.39. The molecule has 14 heteroatoms. The van der Waals surface area contributed by atoms with Gasteiger partial charge in [0.25, 0.3) is 5.91 Å². The van der Waals surface area contributed by atoms with Crippen molar-refractivity contribution in [3.63, 3.8) is 0 Å². The number of nitrogens with zero attached hydrogens (tertiary/aromatic N) is 4. The van der Waals surface area contributed by atoms with Crippen molar-refractivity contribution in [2.45, 2.75) is 30.0 Å². The van der Waals surface area contributed by atoms with Crippen LogP contribution in [0.5, 0.6) is 0 Å².